The molecule has 0 saturated heterocycles. The van der Waals surface area contributed by atoms with Crippen molar-refractivity contribution in [3.05, 3.63) is 30.3 Å². The average molecular weight is 215 g/mol. The Morgan fingerprint density at radius 2 is 1.93 bits per heavy atom. The van der Waals surface area contributed by atoms with Crippen molar-refractivity contribution in [3.8, 4) is 5.75 Å². The van der Waals surface area contributed by atoms with Crippen molar-refractivity contribution in [2.75, 3.05) is 19.5 Å². The molecule has 0 spiro atoms. The van der Waals surface area contributed by atoms with Crippen LogP contribution in [0.4, 0.5) is 0 Å². The molecular formula is C9H11O4S. The molecule has 0 saturated carbocycles. The van der Waals surface area contributed by atoms with Crippen LogP contribution in [0.25, 0.3) is 0 Å². The van der Waals surface area contributed by atoms with Crippen molar-refractivity contribution < 1.29 is 17.3 Å². The second-order valence-electron chi connectivity index (χ2n) is 2.61. The summed E-state index contributed by atoms with van der Waals surface area (Å²) < 4.78 is 30.8. The van der Waals surface area contributed by atoms with Crippen molar-refractivity contribution in [2.24, 2.45) is 0 Å². The van der Waals surface area contributed by atoms with E-state index in [1.54, 1.807) is 24.3 Å². The van der Waals surface area contributed by atoms with Crippen LogP contribution in [0.1, 0.15) is 0 Å². The highest BCUT2D eigenvalue weighted by Gasteiger charge is 2.00. The second kappa shape index (κ2) is 4.97. The molecule has 1 radical (unpaired) electrons. The molecule has 14 heavy (non-hydrogen) atoms. The van der Waals surface area contributed by atoms with Gasteiger partial charge in [0.1, 0.15) is 19.0 Å². The van der Waals surface area contributed by atoms with E-state index in [9.17, 15) is 8.42 Å². The van der Waals surface area contributed by atoms with Gasteiger partial charge in [0.2, 0.25) is 0 Å². The summed E-state index contributed by atoms with van der Waals surface area (Å²) in [6.45, 7) is 0.231. The molecule has 0 atom stereocenters. The van der Waals surface area contributed by atoms with E-state index < -0.39 is 10.1 Å². The molecule has 0 aliphatic carbocycles. The van der Waals surface area contributed by atoms with E-state index in [1.165, 1.54) is 0 Å². The normalized spacial score (nSPS) is 11.2. The first-order valence-corrected chi connectivity index (χ1v) is 5.83. The topological polar surface area (TPSA) is 52.6 Å². The predicted octanol–water partition coefficient (Wildman–Crippen LogP) is 0.842. The lowest BCUT2D eigenvalue weighted by Gasteiger charge is -2.04. The number of hydrogen-bond donors (Lipinski definition) is 0. The van der Waals surface area contributed by atoms with Gasteiger partial charge in [-0.3, -0.25) is 4.18 Å². The smallest absolute Gasteiger partial charge is 0.264 e. The molecular weight excluding hydrogens is 204 g/mol. The largest absolute Gasteiger partial charge is 0.491 e. The standard InChI is InChI=1S/C9H11O4S/c1-14(10,11)13-8-7-12-9-5-3-2-4-6-9/h3-6H,7-8H2,1H3. The Morgan fingerprint density at radius 3 is 2.50 bits per heavy atom. The van der Waals surface area contributed by atoms with Gasteiger partial charge < -0.3 is 4.74 Å². The van der Waals surface area contributed by atoms with Crippen molar-refractivity contribution in [3.63, 3.8) is 0 Å². The van der Waals surface area contributed by atoms with Gasteiger partial charge in [-0.05, 0) is 18.2 Å². The SMILES string of the molecule is CS(=O)(=O)OCCOc1cc[c]cc1. The van der Waals surface area contributed by atoms with Crippen molar-refractivity contribution in [2.45, 2.75) is 0 Å². The van der Waals surface area contributed by atoms with Crippen LogP contribution in [-0.4, -0.2) is 27.9 Å². The Bertz CT molecular complexity index is 358. The molecule has 0 heterocycles. The van der Waals surface area contributed by atoms with E-state index in [-0.39, 0.29) is 13.2 Å². The van der Waals surface area contributed by atoms with Gasteiger partial charge in [-0.25, -0.2) is 0 Å². The van der Waals surface area contributed by atoms with Crippen LogP contribution in [0.15, 0.2) is 24.3 Å². The summed E-state index contributed by atoms with van der Waals surface area (Å²) in [7, 11) is -3.36. The van der Waals surface area contributed by atoms with Crippen LogP contribution in [0.2, 0.25) is 0 Å². The van der Waals surface area contributed by atoms with Gasteiger partial charge in [0.25, 0.3) is 10.1 Å². The third-order valence-electron chi connectivity index (χ3n) is 1.34. The molecule has 0 aliphatic heterocycles. The van der Waals surface area contributed by atoms with E-state index in [0.29, 0.717) is 5.75 Å². The summed E-state index contributed by atoms with van der Waals surface area (Å²) in [5.74, 6) is 0.667. The Labute approximate surface area is 83.6 Å². The first-order valence-electron chi connectivity index (χ1n) is 4.01. The Morgan fingerprint density at radius 1 is 1.29 bits per heavy atom. The zero-order valence-electron chi connectivity index (χ0n) is 7.76. The van der Waals surface area contributed by atoms with Gasteiger partial charge in [-0.15, -0.1) is 0 Å². The summed E-state index contributed by atoms with van der Waals surface area (Å²) in [6, 6.07) is 9.74. The summed E-state index contributed by atoms with van der Waals surface area (Å²) in [5.41, 5.74) is 0. The fourth-order valence-corrected chi connectivity index (χ4v) is 1.18. The molecule has 0 fully saturated rings. The molecule has 5 heteroatoms. The molecule has 0 bridgehead atoms. The van der Waals surface area contributed by atoms with Crippen LogP contribution in [-0.2, 0) is 14.3 Å². The van der Waals surface area contributed by atoms with Gasteiger partial charge in [0.05, 0.1) is 6.26 Å². The maximum atomic E-state index is 10.6. The van der Waals surface area contributed by atoms with Crippen LogP contribution in [0.5, 0.6) is 5.75 Å². The molecule has 0 amide bonds. The Hall–Kier alpha value is -1.07. The fourth-order valence-electron chi connectivity index (χ4n) is 0.813. The van der Waals surface area contributed by atoms with Crippen molar-refractivity contribution in [1.29, 1.82) is 0 Å². The van der Waals surface area contributed by atoms with E-state index >= 15 is 0 Å². The average Bonchev–Trinajstić information content (AvgIpc) is 2.13. The van der Waals surface area contributed by atoms with Gasteiger partial charge in [-0.1, -0.05) is 12.1 Å². The van der Waals surface area contributed by atoms with E-state index in [4.69, 9.17) is 4.74 Å². The summed E-state index contributed by atoms with van der Waals surface area (Å²) in [6.07, 6.45) is 1.00. The van der Waals surface area contributed by atoms with Crippen LogP contribution >= 0.6 is 0 Å². The van der Waals surface area contributed by atoms with Crippen LogP contribution in [0, 0.1) is 6.07 Å². The third-order valence-corrected chi connectivity index (χ3v) is 1.93. The highest BCUT2D eigenvalue weighted by atomic mass is 32.2. The summed E-state index contributed by atoms with van der Waals surface area (Å²) in [4.78, 5) is 0. The number of rotatable bonds is 5. The number of hydrogen-bond acceptors (Lipinski definition) is 4. The minimum absolute atomic E-state index is 0.0252. The molecule has 0 aromatic heterocycles. The first kappa shape index (κ1) is 11.0. The lowest BCUT2D eigenvalue weighted by atomic mass is 10.3. The highest BCUT2D eigenvalue weighted by molar-refractivity contribution is 7.85. The zero-order valence-corrected chi connectivity index (χ0v) is 8.58. The van der Waals surface area contributed by atoms with Crippen molar-refractivity contribution in [1.82, 2.24) is 0 Å². The molecule has 0 unspecified atom stereocenters. The molecule has 1 aromatic carbocycles. The van der Waals surface area contributed by atoms with E-state index in [0.717, 1.165) is 6.26 Å². The predicted molar refractivity (Wildman–Crippen MR) is 51.6 cm³/mol. The van der Waals surface area contributed by atoms with E-state index in [2.05, 4.69) is 10.2 Å². The minimum Gasteiger partial charge on any atom is -0.491 e. The van der Waals surface area contributed by atoms with Gasteiger partial charge in [0, 0.05) is 0 Å². The molecule has 0 N–H and O–H groups in total. The Kier molecular flexibility index (Phi) is 3.91. The molecule has 0 aliphatic rings. The monoisotopic (exact) mass is 215 g/mol. The van der Waals surface area contributed by atoms with E-state index in [1.807, 2.05) is 0 Å². The maximum absolute atomic E-state index is 10.6. The lowest BCUT2D eigenvalue weighted by molar-refractivity contribution is 0.222. The van der Waals surface area contributed by atoms with Gasteiger partial charge in [0.15, 0.2) is 0 Å². The maximum Gasteiger partial charge on any atom is 0.264 e. The second-order valence-corrected chi connectivity index (χ2v) is 4.25. The zero-order chi connectivity index (χ0) is 10.4. The van der Waals surface area contributed by atoms with Crippen LogP contribution < -0.4 is 4.74 Å². The van der Waals surface area contributed by atoms with Gasteiger partial charge >= 0.3 is 0 Å². The third kappa shape index (κ3) is 4.84. The highest BCUT2D eigenvalue weighted by Crippen LogP contribution is 2.07. The molecule has 1 rings (SSSR count). The lowest BCUT2D eigenvalue weighted by Crippen LogP contribution is -2.11. The summed E-state index contributed by atoms with van der Waals surface area (Å²) in [5, 5.41) is 0. The van der Waals surface area contributed by atoms with Crippen LogP contribution in [0.3, 0.4) is 0 Å². The quantitative estimate of drug-likeness (QED) is 0.539. The number of ether oxygens (including phenoxy) is 1. The van der Waals surface area contributed by atoms with Crippen molar-refractivity contribution >= 4 is 10.1 Å². The molecule has 4 nitrogen and oxygen atoms in total. The number of benzene rings is 1. The fraction of sp³-hybridized carbons (Fsp3) is 0.333. The van der Waals surface area contributed by atoms with Gasteiger partial charge in [-0.2, -0.15) is 8.42 Å². The summed E-state index contributed by atoms with van der Waals surface area (Å²) >= 11 is 0. The molecule has 1 aromatic rings. The minimum atomic E-state index is -3.36. The first-order chi connectivity index (χ1) is 6.58. The Balaban J connectivity index is 2.23. The molecule has 77 valence electrons.